The molecule has 0 saturated heterocycles. The Morgan fingerprint density at radius 2 is 1.86 bits per heavy atom. The van der Waals surface area contributed by atoms with Gasteiger partial charge < -0.3 is 14.8 Å². The predicted molar refractivity (Wildman–Crippen MR) is 85.8 cm³/mol. The third-order valence-corrected chi connectivity index (χ3v) is 3.24. The molecule has 112 valence electrons. The summed E-state index contributed by atoms with van der Waals surface area (Å²) in [5.41, 5.74) is 2.31. The summed E-state index contributed by atoms with van der Waals surface area (Å²) in [7, 11) is 1.69. The zero-order valence-electron chi connectivity index (χ0n) is 12.8. The summed E-state index contributed by atoms with van der Waals surface area (Å²) in [5.74, 6) is 1.74. The minimum atomic E-state index is 0.509. The molecule has 2 aromatic carbocycles. The summed E-state index contributed by atoms with van der Waals surface area (Å²) in [6.45, 7) is 4.58. The zero-order chi connectivity index (χ0) is 14.9. The SMILES string of the molecule is CCCNCc1ccc(OC)c(COc2ccccc2)c1. The van der Waals surface area contributed by atoms with E-state index < -0.39 is 0 Å². The second kappa shape index (κ2) is 8.32. The van der Waals surface area contributed by atoms with Gasteiger partial charge in [0.1, 0.15) is 18.1 Å². The highest BCUT2D eigenvalue weighted by atomic mass is 16.5. The fourth-order valence-electron chi connectivity index (χ4n) is 2.14. The minimum absolute atomic E-state index is 0.509. The summed E-state index contributed by atoms with van der Waals surface area (Å²) in [6, 6.07) is 16.1. The van der Waals surface area contributed by atoms with Crippen LogP contribution in [0.1, 0.15) is 24.5 Å². The zero-order valence-corrected chi connectivity index (χ0v) is 12.8. The molecule has 0 saturated carbocycles. The van der Waals surface area contributed by atoms with Gasteiger partial charge in [-0.2, -0.15) is 0 Å². The molecule has 0 radical (unpaired) electrons. The summed E-state index contributed by atoms with van der Waals surface area (Å²) in [4.78, 5) is 0. The summed E-state index contributed by atoms with van der Waals surface area (Å²) >= 11 is 0. The monoisotopic (exact) mass is 285 g/mol. The first-order valence-corrected chi connectivity index (χ1v) is 7.38. The average Bonchev–Trinajstić information content (AvgIpc) is 2.54. The van der Waals surface area contributed by atoms with Gasteiger partial charge in [0.15, 0.2) is 0 Å². The molecule has 0 fully saturated rings. The van der Waals surface area contributed by atoms with Gasteiger partial charge in [-0.25, -0.2) is 0 Å². The van der Waals surface area contributed by atoms with E-state index in [1.807, 2.05) is 36.4 Å². The van der Waals surface area contributed by atoms with Crippen LogP contribution in [-0.4, -0.2) is 13.7 Å². The van der Waals surface area contributed by atoms with Crippen LogP contribution in [-0.2, 0) is 13.2 Å². The lowest BCUT2D eigenvalue weighted by molar-refractivity contribution is 0.296. The van der Waals surface area contributed by atoms with Crippen molar-refractivity contribution in [2.45, 2.75) is 26.5 Å². The highest BCUT2D eigenvalue weighted by Gasteiger charge is 2.05. The first-order valence-electron chi connectivity index (χ1n) is 7.38. The van der Waals surface area contributed by atoms with Gasteiger partial charge >= 0.3 is 0 Å². The lowest BCUT2D eigenvalue weighted by Gasteiger charge is -2.12. The molecule has 0 aliphatic heterocycles. The van der Waals surface area contributed by atoms with Crippen LogP contribution in [0.25, 0.3) is 0 Å². The Kier molecular flexibility index (Phi) is 6.10. The van der Waals surface area contributed by atoms with Crippen LogP contribution in [0.5, 0.6) is 11.5 Å². The standard InChI is InChI=1S/C18H23NO2/c1-3-11-19-13-15-9-10-18(20-2)16(12-15)14-21-17-7-5-4-6-8-17/h4-10,12,19H,3,11,13-14H2,1-2H3. The van der Waals surface area contributed by atoms with E-state index in [0.29, 0.717) is 6.61 Å². The van der Waals surface area contributed by atoms with E-state index in [1.165, 1.54) is 5.56 Å². The second-order valence-electron chi connectivity index (χ2n) is 4.92. The van der Waals surface area contributed by atoms with Crippen LogP contribution in [0.4, 0.5) is 0 Å². The van der Waals surface area contributed by atoms with E-state index >= 15 is 0 Å². The van der Waals surface area contributed by atoms with E-state index in [-0.39, 0.29) is 0 Å². The van der Waals surface area contributed by atoms with Crippen LogP contribution < -0.4 is 14.8 Å². The van der Waals surface area contributed by atoms with Crippen molar-refractivity contribution in [2.24, 2.45) is 0 Å². The smallest absolute Gasteiger partial charge is 0.125 e. The molecule has 0 aliphatic rings. The van der Waals surface area contributed by atoms with E-state index in [2.05, 4.69) is 24.4 Å². The molecule has 0 spiro atoms. The molecule has 1 N–H and O–H groups in total. The van der Waals surface area contributed by atoms with Gasteiger partial charge in [-0.3, -0.25) is 0 Å². The fourth-order valence-corrected chi connectivity index (χ4v) is 2.14. The van der Waals surface area contributed by atoms with Crippen molar-refractivity contribution in [3.05, 3.63) is 59.7 Å². The number of nitrogens with one attached hydrogen (secondary N) is 1. The summed E-state index contributed by atoms with van der Waals surface area (Å²) < 4.78 is 11.2. The molecule has 0 aromatic heterocycles. The lowest BCUT2D eigenvalue weighted by Crippen LogP contribution is -2.14. The van der Waals surface area contributed by atoms with Crippen molar-refractivity contribution in [1.29, 1.82) is 0 Å². The molecule has 0 aliphatic carbocycles. The number of rotatable bonds is 8. The van der Waals surface area contributed by atoms with Crippen LogP contribution in [0, 0.1) is 0 Å². The Bertz CT molecular complexity index is 540. The van der Waals surface area contributed by atoms with E-state index in [4.69, 9.17) is 9.47 Å². The quantitative estimate of drug-likeness (QED) is 0.749. The molecule has 0 heterocycles. The van der Waals surface area contributed by atoms with Gasteiger partial charge in [0.25, 0.3) is 0 Å². The van der Waals surface area contributed by atoms with Gasteiger partial charge in [0.2, 0.25) is 0 Å². The first-order chi connectivity index (χ1) is 10.3. The summed E-state index contributed by atoms with van der Waals surface area (Å²) in [5, 5.41) is 3.41. The van der Waals surface area contributed by atoms with Crippen LogP contribution in [0.15, 0.2) is 48.5 Å². The molecular formula is C18H23NO2. The molecule has 2 aromatic rings. The molecule has 2 rings (SSSR count). The van der Waals surface area contributed by atoms with Crippen molar-refractivity contribution in [3.8, 4) is 11.5 Å². The topological polar surface area (TPSA) is 30.5 Å². The van der Waals surface area contributed by atoms with E-state index in [9.17, 15) is 0 Å². The number of para-hydroxylation sites is 1. The normalized spacial score (nSPS) is 10.4. The first kappa shape index (κ1) is 15.4. The van der Waals surface area contributed by atoms with Crippen molar-refractivity contribution in [1.82, 2.24) is 5.32 Å². The van der Waals surface area contributed by atoms with Gasteiger partial charge in [-0.15, -0.1) is 0 Å². The number of methoxy groups -OCH3 is 1. The molecule has 21 heavy (non-hydrogen) atoms. The molecule has 0 bridgehead atoms. The van der Waals surface area contributed by atoms with Crippen molar-refractivity contribution in [3.63, 3.8) is 0 Å². The molecule has 0 amide bonds. The number of ether oxygens (including phenoxy) is 2. The van der Waals surface area contributed by atoms with Crippen molar-refractivity contribution < 1.29 is 9.47 Å². The van der Waals surface area contributed by atoms with Crippen LogP contribution >= 0.6 is 0 Å². The van der Waals surface area contributed by atoms with E-state index in [0.717, 1.165) is 36.6 Å². The number of hydrogen-bond acceptors (Lipinski definition) is 3. The Morgan fingerprint density at radius 1 is 1.05 bits per heavy atom. The Morgan fingerprint density at radius 3 is 2.57 bits per heavy atom. The maximum absolute atomic E-state index is 5.81. The molecule has 3 heteroatoms. The van der Waals surface area contributed by atoms with Crippen LogP contribution in [0.2, 0.25) is 0 Å². The number of benzene rings is 2. The molecule has 3 nitrogen and oxygen atoms in total. The van der Waals surface area contributed by atoms with E-state index in [1.54, 1.807) is 7.11 Å². The Labute approximate surface area is 126 Å². The second-order valence-corrected chi connectivity index (χ2v) is 4.92. The Hall–Kier alpha value is -2.00. The van der Waals surface area contributed by atoms with Gasteiger partial charge in [0, 0.05) is 12.1 Å². The van der Waals surface area contributed by atoms with Gasteiger partial charge in [0.05, 0.1) is 7.11 Å². The minimum Gasteiger partial charge on any atom is -0.496 e. The largest absolute Gasteiger partial charge is 0.496 e. The van der Waals surface area contributed by atoms with Crippen molar-refractivity contribution in [2.75, 3.05) is 13.7 Å². The van der Waals surface area contributed by atoms with Gasteiger partial charge in [-0.05, 0) is 42.8 Å². The third kappa shape index (κ3) is 4.80. The molecular weight excluding hydrogens is 262 g/mol. The lowest BCUT2D eigenvalue weighted by atomic mass is 10.1. The molecule has 0 unspecified atom stereocenters. The third-order valence-electron chi connectivity index (χ3n) is 3.24. The average molecular weight is 285 g/mol. The van der Waals surface area contributed by atoms with Crippen molar-refractivity contribution >= 4 is 0 Å². The highest BCUT2D eigenvalue weighted by Crippen LogP contribution is 2.22. The maximum atomic E-state index is 5.81. The maximum Gasteiger partial charge on any atom is 0.125 e. The molecule has 0 atom stereocenters. The highest BCUT2D eigenvalue weighted by molar-refractivity contribution is 5.37. The van der Waals surface area contributed by atoms with Gasteiger partial charge in [-0.1, -0.05) is 31.2 Å². The Balaban J connectivity index is 2.03. The fraction of sp³-hybridized carbons (Fsp3) is 0.333. The van der Waals surface area contributed by atoms with Crippen LogP contribution in [0.3, 0.4) is 0 Å². The summed E-state index contributed by atoms with van der Waals surface area (Å²) in [6.07, 6.45) is 1.14. The predicted octanol–water partition coefficient (Wildman–Crippen LogP) is 3.77. The number of hydrogen-bond donors (Lipinski definition) is 1.